The lowest BCUT2D eigenvalue weighted by atomic mass is 10.1. The van der Waals surface area contributed by atoms with Gasteiger partial charge in [-0.3, -0.25) is 4.79 Å². The summed E-state index contributed by atoms with van der Waals surface area (Å²) in [6.07, 6.45) is -3.90. The second-order valence-electron chi connectivity index (χ2n) is 6.70. The number of anilines is 1. The zero-order valence-electron chi connectivity index (χ0n) is 17.4. The Hall–Kier alpha value is -2.56. The molecular weight excluding hydrogens is 497 g/mol. The van der Waals surface area contributed by atoms with E-state index in [4.69, 9.17) is 16.3 Å². The summed E-state index contributed by atoms with van der Waals surface area (Å²) >= 11 is 8.07. The van der Waals surface area contributed by atoms with Crippen LogP contribution in [0.3, 0.4) is 0 Å². The van der Waals surface area contributed by atoms with Gasteiger partial charge in [-0.15, -0.1) is 11.3 Å². The van der Waals surface area contributed by atoms with Gasteiger partial charge in [-0.1, -0.05) is 53.7 Å². The minimum atomic E-state index is -4.57. The number of benzene rings is 1. The van der Waals surface area contributed by atoms with Crippen LogP contribution in [0.5, 0.6) is 0 Å². The number of alkyl halides is 3. The van der Waals surface area contributed by atoms with Gasteiger partial charge in [-0.05, 0) is 31.5 Å². The number of aromatic nitrogens is 1. The van der Waals surface area contributed by atoms with Gasteiger partial charge in [0.05, 0.1) is 28.0 Å². The summed E-state index contributed by atoms with van der Waals surface area (Å²) in [7, 11) is 0. The topological polar surface area (TPSA) is 68.3 Å². The number of pyridine rings is 1. The second-order valence-corrected chi connectivity index (χ2v) is 9.49. The number of amides is 1. The van der Waals surface area contributed by atoms with Gasteiger partial charge in [0.15, 0.2) is 0 Å². The number of halogens is 4. The number of carbonyl (C=O) groups is 2. The van der Waals surface area contributed by atoms with Crippen LogP contribution >= 0.6 is 34.7 Å². The van der Waals surface area contributed by atoms with Crippen LogP contribution in [0.4, 0.5) is 18.2 Å². The smallest absolute Gasteiger partial charge is 0.417 e. The highest BCUT2D eigenvalue weighted by Crippen LogP contribution is 2.38. The van der Waals surface area contributed by atoms with E-state index in [2.05, 4.69) is 10.3 Å². The number of ether oxygens (including phenoxy) is 1. The fraction of sp³-hybridized carbons (Fsp3) is 0.227. The van der Waals surface area contributed by atoms with E-state index in [1.165, 1.54) is 11.3 Å². The molecule has 0 saturated heterocycles. The normalized spacial score (nSPS) is 12.3. The van der Waals surface area contributed by atoms with E-state index in [1.54, 1.807) is 19.9 Å². The Kier molecular flexibility index (Phi) is 8.04. The summed E-state index contributed by atoms with van der Waals surface area (Å²) < 4.78 is 43.5. The first-order valence-corrected chi connectivity index (χ1v) is 11.7. The predicted molar refractivity (Wildman–Crippen MR) is 124 cm³/mol. The van der Waals surface area contributed by atoms with Crippen LogP contribution in [-0.2, 0) is 15.7 Å². The lowest BCUT2D eigenvalue weighted by molar-refractivity contribution is -0.137. The van der Waals surface area contributed by atoms with Crippen LogP contribution in [0.2, 0.25) is 5.02 Å². The summed E-state index contributed by atoms with van der Waals surface area (Å²) in [5, 5.41) is 2.17. The predicted octanol–water partition coefficient (Wildman–Crippen LogP) is 6.78. The molecule has 0 saturated carbocycles. The van der Waals surface area contributed by atoms with Crippen molar-refractivity contribution < 1.29 is 27.5 Å². The van der Waals surface area contributed by atoms with Crippen molar-refractivity contribution in [2.24, 2.45) is 0 Å². The van der Waals surface area contributed by atoms with Crippen LogP contribution in [0.1, 0.15) is 29.8 Å². The van der Waals surface area contributed by atoms with Crippen molar-refractivity contribution in [3.8, 4) is 10.4 Å². The van der Waals surface area contributed by atoms with Crippen LogP contribution in [0, 0.1) is 0 Å². The molecule has 33 heavy (non-hydrogen) atoms. The molecule has 0 bridgehead atoms. The highest BCUT2D eigenvalue weighted by atomic mass is 35.5. The molecule has 5 nitrogen and oxygen atoms in total. The van der Waals surface area contributed by atoms with Crippen molar-refractivity contribution in [2.45, 2.75) is 30.3 Å². The quantitative estimate of drug-likeness (QED) is 0.278. The molecule has 1 aromatic carbocycles. The third-order valence-electron chi connectivity index (χ3n) is 4.31. The van der Waals surface area contributed by atoms with Crippen LogP contribution in [0.15, 0.2) is 53.7 Å². The minimum Gasteiger partial charge on any atom is -0.462 e. The summed E-state index contributed by atoms with van der Waals surface area (Å²) in [4.78, 5) is 29.7. The monoisotopic (exact) mass is 514 g/mol. The summed E-state index contributed by atoms with van der Waals surface area (Å²) in [5.41, 5.74) is 0.119. The summed E-state index contributed by atoms with van der Waals surface area (Å²) in [6, 6.07) is 11.8. The fourth-order valence-corrected chi connectivity index (χ4v) is 4.83. The van der Waals surface area contributed by atoms with E-state index in [9.17, 15) is 22.8 Å². The third kappa shape index (κ3) is 6.27. The second kappa shape index (κ2) is 10.6. The number of hydrogen-bond acceptors (Lipinski definition) is 6. The van der Waals surface area contributed by atoms with Gasteiger partial charge in [0.1, 0.15) is 10.0 Å². The maximum absolute atomic E-state index is 12.8. The van der Waals surface area contributed by atoms with E-state index in [0.717, 1.165) is 28.3 Å². The molecule has 0 aliphatic carbocycles. The van der Waals surface area contributed by atoms with E-state index in [0.29, 0.717) is 11.2 Å². The number of hydrogen-bond donors (Lipinski definition) is 1. The van der Waals surface area contributed by atoms with Crippen LogP contribution in [0.25, 0.3) is 10.4 Å². The number of esters is 1. The van der Waals surface area contributed by atoms with Crippen LogP contribution < -0.4 is 5.32 Å². The molecule has 0 fully saturated rings. The Morgan fingerprint density at radius 1 is 1.24 bits per heavy atom. The highest BCUT2D eigenvalue weighted by Gasteiger charge is 2.32. The Morgan fingerprint density at radius 2 is 1.94 bits per heavy atom. The first-order valence-electron chi connectivity index (χ1n) is 9.66. The lowest BCUT2D eigenvalue weighted by Gasteiger charge is -2.13. The molecular formula is C22H18ClF3N2O3S2. The molecule has 3 rings (SSSR count). The average Bonchev–Trinajstić information content (AvgIpc) is 3.19. The standard InChI is InChI=1S/C22H18ClF3N2O3S2/c1-3-31-21(30)15-10-17(13-7-5-4-6-8-13)33-19(15)28-18(29)12(2)32-20-16(23)9-14(11-27-20)22(24,25)26/h4-12H,3H2,1-2H3,(H,28,29)/t12-/m0/s1. The molecule has 0 aliphatic heterocycles. The average molecular weight is 515 g/mol. The van der Waals surface area contributed by atoms with Crippen molar-refractivity contribution >= 4 is 51.6 Å². The fourth-order valence-electron chi connectivity index (χ4n) is 2.69. The number of nitrogens with one attached hydrogen (secondary N) is 1. The molecule has 2 heterocycles. The minimum absolute atomic E-state index is 0.0917. The number of rotatable bonds is 7. The zero-order chi connectivity index (χ0) is 24.2. The SMILES string of the molecule is CCOC(=O)c1cc(-c2ccccc2)sc1NC(=O)[C@H](C)Sc1ncc(C(F)(F)F)cc1Cl. The molecule has 11 heteroatoms. The van der Waals surface area contributed by atoms with Crippen molar-refractivity contribution in [2.75, 3.05) is 11.9 Å². The van der Waals surface area contributed by atoms with Crippen molar-refractivity contribution in [3.05, 3.63) is 64.8 Å². The van der Waals surface area contributed by atoms with Crippen molar-refractivity contribution in [1.29, 1.82) is 0 Å². The first-order chi connectivity index (χ1) is 15.6. The molecule has 174 valence electrons. The molecule has 0 aliphatic rings. The first kappa shape index (κ1) is 25.1. The van der Waals surface area contributed by atoms with Gasteiger partial charge in [-0.2, -0.15) is 13.2 Å². The Bertz CT molecular complexity index is 1150. The molecule has 0 unspecified atom stereocenters. The third-order valence-corrected chi connectivity index (χ3v) is 6.93. The van der Waals surface area contributed by atoms with E-state index in [-0.39, 0.29) is 22.2 Å². The number of thioether (sulfide) groups is 1. The summed E-state index contributed by atoms with van der Waals surface area (Å²) in [6.45, 7) is 3.42. The Morgan fingerprint density at radius 3 is 2.55 bits per heavy atom. The zero-order valence-corrected chi connectivity index (χ0v) is 19.8. The number of carbonyl (C=O) groups excluding carboxylic acids is 2. The molecule has 1 amide bonds. The highest BCUT2D eigenvalue weighted by molar-refractivity contribution is 8.00. The van der Waals surface area contributed by atoms with Crippen molar-refractivity contribution in [1.82, 2.24) is 4.98 Å². The Labute approximate surface area is 201 Å². The van der Waals surface area contributed by atoms with Gasteiger partial charge >= 0.3 is 12.1 Å². The van der Waals surface area contributed by atoms with Gasteiger partial charge in [-0.25, -0.2) is 9.78 Å². The van der Waals surface area contributed by atoms with Crippen LogP contribution in [-0.4, -0.2) is 28.7 Å². The number of nitrogens with zero attached hydrogens (tertiary/aromatic N) is 1. The molecule has 1 atom stereocenters. The van der Waals surface area contributed by atoms with E-state index < -0.39 is 28.9 Å². The molecule has 0 spiro atoms. The van der Waals surface area contributed by atoms with E-state index >= 15 is 0 Å². The maximum atomic E-state index is 12.8. The lowest BCUT2D eigenvalue weighted by Crippen LogP contribution is -2.23. The van der Waals surface area contributed by atoms with Gasteiger partial charge in [0.2, 0.25) is 5.91 Å². The summed E-state index contributed by atoms with van der Waals surface area (Å²) in [5.74, 6) is -1.04. The molecule has 2 aromatic heterocycles. The van der Waals surface area contributed by atoms with Crippen molar-refractivity contribution in [3.63, 3.8) is 0 Å². The van der Waals surface area contributed by atoms with E-state index in [1.807, 2.05) is 30.3 Å². The Balaban J connectivity index is 1.80. The van der Waals surface area contributed by atoms with Gasteiger partial charge in [0, 0.05) is 11.1 Å². The van der Waals surface area contributed by atoms with Gasteiger partial charge < -0.3 is 10.1 Å². The largest absolute Gasteiger partial charge is 0.462 e. The molecule has 0 radical (unpaired) electrons. The molecule has 1 N–H and O–H groups in total. The number of thiophene rings is 1. The molecule has 3 aromatic rings. The maximum Gasteiger partial charge on any atom is 0.417 e. The van der Waals surface area contributed by atoms with Gasteiger partial charge in [0.25, 0.3) is 0 Å².